The smallest absolute Gasteiger partial charge is 0.0781 e. The van der Waals surface area contributed by atoms with Crippen molar-refractivity contribution in [2.24, 2.45) is 0 Å². The van der Waals surface area contributed by atoms with Gasteiger partial charge in [-0.15, -0.1) is 0 Å². The molecule has 0 bridgehead atoms. The van der Waals surface area contributed by atoms with Gasteiger partial charge in [-0.1, -0.05) is 0 Å². The average molecular weight is 589 g/mol. The molecule has 244 valence electrons. The van der Waals surface area contributed by atoms with E-state index in [1.165, 1.54) is 0 Å². The minimum Gasteiger partial charge on any atom is -0.394 e. The first-order valence-corrected chi connectivity index (χ1v) is 14.3. The Morgan fingerprint density at radius 3 is 1.10 bits per heavy atom. The van der Waals surface area contributed by atoms with Crippen molar-refractivity contribution in [2.45, 2.75) is 91.2 Å². The highest BCUT2D eigenvalue weighted by Crippen LogP contribution is 2.04. The van der Waals surface area contributed by atoms with Gasteiger partial charge in [0, 0.05) is 7.11 Å². The first-order chi connectivity index (χ1) is 19.0. The van der Waals surface area contributed by atoms with E-state index in [9.17, 15) is 5.11 Å². The number of methoxy groups -OCH3 is 1. The largest absolute Gasteiger partial charge is 0.394 e. The summed E-state index contributed by atoms with van der Waals surface area (Å²) in [4.78, 5) is 0. The van der Waals surface area contributed by atoms with Crippen molar-refractivity contribution >= 4 is 0 Å². The monoisotopic (exact) mass is 588 g/mol. The molecule has 40 heavy (non-hydrogen) atoms. The van der Waals surface area contributed by atoms with E-state index in [2.05, 4.69) is 0 Å². The van der Waals surface area contributed by atoms with Crippen LogP contribution >= 0.6 is 0 Å². The van der Waals surface area contributed by atoms with Gasteiger partial charge in [-0.3, -0.25) is 0 Å². The molecule has 0 saturated carbocycles. The standard InChI is InChI=1S/C21H44O8.C7H16O4/c1-15(23)9-24-17(3)11-26-19(5)13-28-21(7)14-29-20(6)12-27-18(4)10-25-16(2)8-22;1-9-4-5-11-7-6-10-3-2-8/h15-23H,8-14H2,1-7H3;8H,2-7H2,1H3. The highest BCUT2D eigenvalue weighted by atomic mass is 16.6. The lowest BCUT2D eigenvalue weighted by molar-refractivity contribution is -0.105. The number of ether oxygens (including phenoxy) is 9. The summed E-state index contributed by atoms with van der Waals surface area (Å²) in [7, 11) is 1.63. The summed E-state index contributed by atoms with van der Waals surface area (Å²) in [6, 6.07) is 0. The average Bonchev–Trinajstić information content (AvgIpc) is 2.94. The first-order valence-electron chi connectivity index (χ1n) is 14.3. The van der Waals surface area contributed by atoms with Crippen molar-refractivity contribution in [1.82, 2.24) is 0 Å². The second-order valence-electron chi connectivity index (χ2n) is 9.84. The molecule has 12 nitrogen and oxygen atoms in total. The molecule has 0 aliphatic heterocycles. The lowest BCUT2D eigenvalue weighted by Crippen LogP contribution is -2.30. The number of hydrogen-bond donors (Lipinski definition) is 3. The quantitative estimate of drug-likeness (QED) is 0.120. The SMILES string of the molecule is CC(O)COC(C)COC(C)COC(C)COC(C)COC(C)COC(C)CO.COCCOCCOCCO. The van der Waals surface area contributed by atoms with Crippen molar-refractivity contribution in [1.29, 1.82) is 0 Å². The van der Waals surface area contributed by atoms with Gasteiger partial charge >= 0.3 is 0 Å². The predicted molar refractivity (Wildman–Crippen MR) is 152 cm³/mol. The van der Waals surface area contributed by atoms with Crippen LogP contribution in [0.15, 0.2) is 0 Å². The maximum absolute atomic E-state index is 9.21. The summed E-state index contributed by atoms with van der Waals surface area (Å²) in [5.74, 6) is 0. The summed E-state index contributed by atoms with van der Waals surface area (Å²) >= 11 is 0. The maximum atomic E-state index is 9.21. The Balaban J connectivity index is 0. The van der Waals surface area contributed by atoms with Crippen LogP contribution in [0.3, 0.4) is 0 Å². The molecular weight excluding hydrogens is 528 g/mol. The first kappa shape index (κ1) is 41.7. The minimum atomic E-state index is -0.474. The van der Waals surface area contributed by atoms with E-state index in [0.717, 1.165) is 0 Å². The molecule has 0 aliphatic carbocycles. The molecule has 0 aromatic rings. The van der Waals surface area contributed by atoms with Crippen LogP contribution in [0.1, 0.15) is 48.5 Å². The normalized spacial score (nSPS) is 16.9. The zero-order valence-corrected chi connectivity index (χ0v) is 26.2. The third kappa shape index (κ3) is 32.0. The minimum absolute atomic E-state index is 0.00355. The van der Waals surface area contributed by atoms with Gasteiger partial charge in [0.15, 0.2) is 0 Å². The van der Waals surface area contributed by atoms with Gasteiger partial charge in [-0.25, -0.2) is 0 Å². The van der Waals surface area contributed by atoms with Crippen molar-refractivity contribution < 1.29 is 58.0 Å². The number of hydrogen-bond acceptors (Lipinski definition) is 12. The molecule has 0 aliphatic rings. The van der Waals surface area contributed by atoms with Crippen LogP contribution in [-0.2, 0) is 42.6 Å². The molecule has 0 rings (SSSR count). The number of aliphatic hydroxyl groups excluding tert-OH is 3. The maximum Gasteiger partial charge on any atom is 0.0781 e. The zero-order valence-electron chi connectivity index (χ0n) is 26.2. The summed E-state index contributed by atoms with van der Waals surface area (Å²) < 4.78 is 48.6. The van der Waals surface area contributed by atoms with Crippen molar-refractivity contribution in [3.63, 3.8) is 0 Å². The Labute approximate surface area is 242 Å². The molecule has 0 spiro atoms. The summed E-state index contributed by atoms with van der Waals surface area (Å²) in [5, 5.41) is 26.5. The van der Waals surface area contributed by atoms with Crippen molar-refractivity contribution in [3.05, 3.63) is 0 Å². The van der Waals surface area contributed by atoms with E-state index in [1.807, 2.05) is 41.5 Å². The summed E-state index contributed by atoms with van der Waals surface area (Å²) in [5.41, 5.74) is 0. The Bertz CT molecular complexity index is 492. The fourth-order valence-corrected chi connectivity index (χ4v) is 2.62. The van der Waals surface area contributed by atoms with E-state index >= 15 is 0 Å². The van der Waals surface area contributed by atoms with E-state index in [-0.39, 0.29) is 49.8 Å². The molecule has 3 N–H and O–H groups in total. The Morgan fingerprint density at radius 1 is 0.450 bits per heavy atom. The Hall–Kier alpha value is -0.480. The van der Waals surface area contributed by atoms with Gasteiger partial charge in [0.1, 0.15) is 0 Å². The molecule has 0 amide bonds. The van der Waals surface area contributed by atoms with Crippen LogP contribution in [0.2, 0.25) is 0 Å². The highest BCUT2D eigenvalue weighted by Gasteiger charge is 2.13. The lowest BCUT2D eigenvalue weighted by atomic mass is 10.3. The summed E-state index contributed by atoms with van der Waals surface area (Å²) in [6.07, 6.45) is -0.963. The van der Waals surface area contributed by atoms with Crippen molar-refractivity contribution in [3.8, 4) is 0 Å². The molecule has 0 aromatic heterocycles. The number of rotatable bonds is 27. The van der Waals surface area contributed by atoms with E-state index in [1.54, 1.807) is 14.0 Å². The van der Waals surface area contributed by atoms with Gasteiger partial charge in [0.2, 0.25) is 0 Å². The zero-order chi connectivity index (χ0) is 30.6. The third-order valence-corrected chi connectivity index (χ3v) is 5.00. The third-order valence-electron chi connectivity index (χ3n) is 5.00. The van der Waals surface area contributed by atoms with Crippen LogP contribution in [0.4, 0.5) is 0 Å². The van der Waals surface area contributed by atoms with Gasteiger partial charge in [-0.2, -0.15) is 0 Å². The predicted octanol–water partition coefficient (Wildman–Crippen LogP) is 1.45. The highest BCUT2D eigenvalue weighted by molar-refractivity contribution is 4.58. The van der Waals surface area contributed by atoms with Crippen LogP contribution in [0.5, 0.6) is 0 Å². The molecule has 0 saturated heterocycles. The van der Waals surface area contributed by atoms with Crippen LogP contribution < -0.4 is 0 Å². The van der Waals surface area contributed by atoms with Gasteiger partial charge in [-0.05, 0) is 48.5 Å². The van der Waals surface area contributed by atoms with Gasteiger partial charge in [0.05, 0.1) is 129 Å². The fraction of sp³-hybridized carbons (Fsp3) is 1.00. The Morgan fingerprint density at radius 2 is 0.775 bits per heavy atom. The molecule has 0 fully saturated rings. The van der Waals surface area contributed by atoms with E-state index < -0.39 is 6.10 Å². The second kappa shape index (κ2) is 30.0. The van der Waals surface area contributed by atoms with Crippen LogP contribution in [0, 0.1) is 0 Å². The lowest BCUT2D eigenvalue weighted by Gasteiger charge is -2.22. The molecule has 0 radical (unpaired) electrons. The molecule has 12 heteroatoms. The molecule has 0 heterocycles. The van der Waals surface area contributed by atoms with Gasteiger partial charge < -0.3 is 58.0 Å². The van der Waals surface area contributed by atoms with Crippen LogP contribution in [-0.4, -0.2) is 151 Å². The van der Waals surface area contributed by atoms with Crippen molar-refractivity contribution in [2.75, 3.05) is 93.0 Å². The Kier molecular flexibility index (Phi) is 31.2. The van der Waals surface area contributed by atoms with E-state index in [4.69, 9.17) is 52.8 Å². The molecular formula is C28H60O12. The molecule has 7 atom stereocenters. The van der Waals surface area contributed by atoms with Gasteiger partial charge in [0.25, 0.3) is 0 Å². The fourth-order valence-electron chi connectivity index (χ4n) is 2.62. The second-order valence-corrected chi connectivity index (χ2v) is 9.84. The number of aliphatic hydroxyl groups is 3. The topological polar surface area (TPSA) is 144 Å². The van der Waals surface area contributed by atoms with Crippen LogP contribution in [0.25, 0.3) is 0 Å². The van der Waals surface area contributed by atoms with E-state index in [0.29, 0.717) is 72.7 Å². The molecule has 7 unspecified atom stereocenters. The summed E-state index contributed by atoms with van der Waals surface area (Å²) in [6.45, 7) is 18.6. The molecule has 0 aromatic carbocycles.